The Kier molecular flexibility index (Phi) is 10.2. The number of hydrogen-bond acceptors (Lipinski definition) is 1. The molecule has 17 heavy (non-hydrogen) atoms. The molecule has 0 saturated heterocycles. The van der Waals surface area contributed by atoms with Crippen molar-refractivity contribution in [2.45, 2.75) is 72.6 Å². The summed E-state index contributed by atoms with van der Waals surface area (Å²) >= 11 is 0. The summed E-state index contributed by atoms with van der Waals surface area (Å²) in [6.45, 7) is 9.18. The van der Waals surface area contributed by atoms with Crippen molar-refractivity contribution in [2.75, 3.05) is 7.05 Å². The molecule has 1 heteroatoms. The number of allylic oxidation sites excluding steroid dienone is 2. The average molecular weight is 237 g/mol. The van der Waals surface area contributed by atoms with E-state index in [2.05, 4.69) is 38.9 Å². The Balaban J connectivity index is 4.16. The van der Waals surface area contributed by atoms with E-state index in [0.29, 0.717) is 0 Å². The van der Waals surface area contributed by atoms with Gasteiger partial charge in [0.25, 0.3) is 0 Å². The van der Waals surface area contributed by atoms with Gasteiger partial charge in [-0.2, -0.15) is 0 Å². The lowest BCUT2D eigenvalue weighted by Crippen LogP contribution is -2.01. The Morgan fingerprint density at radius 1 is 1.12 bits per heavy atom. The Morgan fingerprint density at radius 2 is 1.82 bits per heavy atom. The van der Waals surface area contributed by atoms with Gasteiger partial charge < -0.3 is 4.99 Å². The van der Waals surface area contributed by atoms with Crippen LogP contribution in [0.25, 0.3) is 0 Å². The highest BCUT2D eigenvalue weighted by atomic mass is 14.6. The summed E-state index contributed by atoms with van der Waals surface area (Å²) in [5.74, 6) is 0.778. The molecule has 0 radical (unpaired) electrons. The number of nitrogens with zero attached hydrogens (tertiary/aromatic N) is 1. The van der Waals surface area contributed by atoms with Crippen molar-refractivity contribution in [1.82, 2.24) is 0 Å². The molecular weight excluding hydrogens is 206 g/mol. The molecule has 0 fully saturated rings. The zero-order valence-corrected chi connectivity index (χ0v) is 12.6. The van der Waals surface area contributed by atoms with E-state index in [1.807, 2.05) is 7.05 Å². The second-order valence-corrected chi connectivity index (χ2v) is 5.17. The van der Waals surface area contributed by atoms with Gasteiger partial charge in [-0.25, -0.2) is 0 Å². The van der Waals surface area contributed by atoms with Crippen molar-refractivity contribution in [2.24, 2.45) is 10.9 Å². The third-order valence-electron chi connectivity index (χ3n) is 3.68. The van der Waals surface area contributed by atoms with Crippen molar-refractivity contribution in [1.29, 1.82) is 0 Å². The first-order valence-electron chi connectivity index (χ1n) is 7.21. The summed E-state index contributed by atoms with van der Waals surface area (Å²) in [6, 6.07) is 0. The lowest BCUT2D eigenvalue weighted by Gasteiger charge is -2.15. The minimum absolute atomic E-state index is 0.778. The third-order valence-corrected chi connectivity index (χ3v) is 3.68. The van der Waals surface area contributed by atoms with Crippen molar-refractivity contribution in [3.05, 3.63) is 11.1 Å². The van der Waals surface area contributed by atoms with Crippen molar-refractivity contribution >= 4 is 6.21 Å². The predicted molar refractivity (Wildman–Crippen MR) is 79.9 cm³/mol. The molecule has 0 bridgehead atoms. The monoisotopic (exact) mass is 237 g/mol. The van der Waals surface area contributed by atoms with Crippen LogP contribution in [0, 0.1) is 5.92 Å². The van der Waals surface area contributed by atoms with Crippen LogP contribution in [0.1, 0.15) is 72.6 Å². The fourth-order valence-electron chi connectivity index (χ4n) is 2.11. The minimum atomic E-state index is 0.778. The summed E-state index contributed by atoms with van der Waals surface area (Å²) < 4.78 is 0. The maximum atomic E-state index is 4.10. The molecule has 0 heterocycles. The molecule has 0 aliphatic carbocycles. The van der Waals surface area contributed by atoms with Gasteiger partial charge in [-0.05, 0) is 51.7 Å². The van der Waals surface area contributed by atoms with E-state index >= 15 is 0 Å². The molecule has 0 saturated carbocycles. The van der Waals surface area contributed by atoms with Crippen LogP contribution < -0.4 is 0 Å². The summed E-state index contributed by atoms with van der Waals surface area (Å²) in [4.78, 5) is 4.10. The Morgan fingerprint density at radius 3 is 2.35 bits per heavy atom. The molecule has 100 valence electrons. The van der Waals surface area contributed by atoms with Crippen LogP contribution >= 0.6 is 0 Å². The molecule has 0 aromatic carbocycles. The fraction of sp³-hybridized carbons (Fsp3) is 0.812. The molecule has 0 N–H and O–H groups in total. The minimum Gasteiger partial charge on any atom is -0.301 e. The second kappa shape index (κ2) is 10.6. The van der Waals surface area contributed by atoms with Crippen LogP contribution in [0.4, 0.5) is 0 Å². The van der Waals surface area contributed by atoms with Crippen molar-refractivity contribution in [3.8, 4) is 0 Å². The first-order chi connectivity index (χ1) is 8.15. The predicted octanol–water partition coefficient (Wildman–Crippen LogP) is 5.41. The highest BCUT2D eigenvalue weighted by molar-refractivity contribution is 5.57. The number of hydrogen-bond donors (Lipinski definition) is 0. The van der Waals surface area contributed by atoms with Gasteiger partial charge in [0.05, 0.1) is 0 Å². The van der Waals surface area contributed by atoms with Gasteiger partial charge in [-0.15, -0.1) is 0 Å². The SMILES string of the molecule is CCCCCC(C)=C(C)CC(CC)CC=NC. The summed E-state index contributed by atoms with van der Waals surface area (Å²) in [6.07, 6.45) is 11.0. The fourth-order valence-corrected chi connectivity index (χ4v) is 2.11. The van der Waals surface area contributed by atoms with Gasteiger partial charge >= 0.3 is 0 Å². The Labute approximate surface area is 108 Å². The number of rotatable bonds is 9. The molecular formula is C16H31N. The smallest absolute Gasteiger partial charge is 0.0273 e. The molecule has 0 aliphatic heterocycles. The van der Waals surface area contributed by atoms with Gasteiger partial charge in [-0.3, -0.25) is 0 Å². The molecule has 0 rings (SSSR count). The molecule has 1 unspecified atom stereocenters. The summed E-state index contributed by atoms with van der Waals surface area (Å²) in [5.41, 5.74) is 3.22. The van der Waals surface area contributed by atoms with E-state index < -0.39 is 0 Å². The van der Waals surface area contributed by atoms with Gasteiger partial charge in [-0.1, -0.05) is 44.3 Å². The van der Waals surface area contributed by atoms with Gasteiger partial charge in [0.1, 0.15) is 0 Å². The average Bonchev–Trinajstić information content (AvgIpc) is 2.34. The van der Waals surface area contributed by atoms with Crippen molar-refractivity contribution < 1.29 is 0 Å². The third kappa shape index (κ3) is 8.18. The van der Waals surface area contributed by atoms with E-state index in [4.69, 9.17) is 0 Å². The van der Waals surface area contributed by atoms with Gasteiger partial charge in [0, 0.05) is 7.05 Å². The number of unbranched alkanes of at least 4 members (excludes halogenated alkanes) is 2. The standard InChI is InChI=1S/C16H31N/c1-6-8-9-10-14(3)15(4)13-16(7-2)11-12-17-5/h12,16H,6-11,13H2,1-5H3. The first kappa shape index (κ1) is 16.4. The van der Waals surface area contributed by atoms with Crippen LogP contribution in [-0.2, 0) is 0 Å². The van der Waals surface area contributed by atoms with E-state index in [1.54, 1.807) is 11.1 Å². The van der Waals surface area contributed by atoms with E-state index in [-0.39, 0.29) is 0 Å². The topological polar surface area (TPSA) is 12.4 Å². The lowest BCUT2D eigenvalue weighted by molar-refractivity contribution is 0.524. The maximum Gasteiger partial charge on any atom is 0.0273 e. The first-order valence-corrected chi connectivity index (χ1v) is 7.21. The van der Waals surface area contributed by atoms with Crippen LogP contribution in [0.3, 0.4) is 0 Å². The van der Waals surface area contributed by atoms with Gasteiger partial charge in [0.15, 0.2) is 0 Å². The zero-order valence-electron chi connectivity index (χ0n) is 12.6. The Hall–Kier alpha value is -0.590. The normalized spacial score (nSPS) is 15.1. The molecule has 0 aliphatic rings. The van der Waals surface area contributed by atoms with Crippen LogP contribution in [0.5, 0.6) is 0 Å². The molecule has 0 aromatic heterocycles. The van der Waals surface area contributed by atoms with Crippen LogP contribution in [0.15, 0.2) is 16.1 Å². The molecule has 0 spiro atoms. The number of aliphatic imine (C=N–C) groups is 1. The van der Waals surface area contributed by atoms with Gasteiger partial charge in [0.2, 0.25) is 0 Å². The quantitative estimate of drug-likeness (QED) is 0.289. The van der Waals surface area contributed by atoms with Crippen molar-refractivity contribution in [3.63, 3.8) is 0 Å². The van der Waals surface area contributed by atoms with Crippen LogP contribution in [0.2, 0.25) is 0 Å². The van der Waals surface area contributed by atoms with Crippen LogP contribution in [-0.4, -0.2) is 13.3 Å². The summed E-state index contributed by atoms with van der Waals surface area (Å²) in [7, 11) is 1.87. The summed E-state index contributed by atoms with van der Waals surface area (Å²) in [5, 5.41) is 0. The second-order valence-electron chi connectivity index (χ2n) is 5.17. The lowest BCUT2D eigenvalue weighted by atomic mass is 9.91. The maximum absolute atomic E-state index is 4.10. The highest BCUT2D eigenvalue weighted by Gasteiger charge is 2.07. The molecule has 1 nitrogen and oxygen atoms in total. The Bertz CT molecular complexity index is 238. The molecule has 0 amide bonds. The molecule has 0 aromatic rings. The zero-order chi connectivity index (χ0) is 13.1. The highest BCUT2D eigenvalue weighted by Crippen LogP contribution is 2.22. The van der Waals surface area contributed by atoms with E-state index in [1.165, 1.54) is 38.5 Å². The van der Waals surface area contributed by atoms with E-state index in [9.17, 15) is 0 Å². The molecule has 1 atom stereocenters. The van der Waals surface area contributed by atoms with E-state index in [0.717, 1.165) is 12.3 Å². The largest absolute Gasteiger partial charge is 0.301 e.